The van der Waals surface area contributed by atoms with Crippen LogP contribution in [-0.4, -0.2) is 21.0 Å². The molecule has 0 radical (unpaired) electrons. The molecule has 1 heterocycles. The average Bonchev–Trinajstić information content (AvgIpc) is 2.42. The molecule has 5 nitrogen and oxygen atoms in total. The first-order valence-electron chi connectivity index (χ1n) is 6.42. The molecule has 2 aromatic rings. The number of hydrogen-bond donors (Lipinski definition) is 2. The number of nitrogens with one attached hydrogen (secondary N) is 1. The number of carboxylic acids is 1. The van der Waals surface area contributed by atoms with Crippen LogP contribution in [0, 0.1) is 6.92 Å². The molecule has 0 saturated carbocycles. The molecule has 2 rings (SSSR count). The zero-order chi connectivity index (χ0) is 14.4. The summed E-state index contributed by atoms with van der Waals surface area (Å²) in [5, 5.41) is 12.1. The molecule has 0 unspecified atom stereocenters. The number of carboxylic acid groups (broad SMARTS) is 1. The number of benzene rings is 1. The number of carbonyl (C=O) groups is 1. The van der Waals surface area contributed by atoms with E-state index in [1.807, 2.05) is 31.2 Å². The van der Waals surface area contributed by atoms with Crippen LogP contribution < -0.4 is 5.32 Å². The van der Waals surface area contributed by atoms with E-state index in [2.05, 4.69) is 15.3 Å². The Morgan fingerprint density at radius 2 is 1.90 bits per heavy atom. The van der Waals surface area contributed by atoms with Crippen molar-refractivity contribution in [1.82, 2.24) is 15.3 Å². The summed E-state index contributed by atoms with van der Waals surface area (Å²) in [6.45, 7) is 3.11. The lowest BCUT2D eigenvalue weighted by Crippen LogP contribution is -2.16. The normalized spacial score (nSPS) is 10.4. The lowest BCUT2D eigenvalue weighted by atomic mass is 10.0. The molecular weight excluding hydrogens is 254 g/mol. The molecule has 1 aromatic carbocycles. The van der Waals surface area contributed by atoms with Gasteiger partial charge in [0.1, 0.15) is 0 Å². The molecule has 2 N–H and O–H groups in total. The highest BCUT2D eigenvalue weighted by molar-refractivity contribution is 5.70. The van der Waals surface area contributed by atoms with Crippen molar-refractivity contribution in [2.75, 3.05) is 0 Å². The van der Waals surface area contributed by atoms with Crippen molar-refractivity contribution >= 4 is 5.97 Å². The van der Waals surface area contributed by atoms with Gasteiger partial charge in [0.2, 0.25) is 0 Å². The van der Waals surface area contributed by atoms with Crippen molar-refractivity contribution in [2.24, 2.45) is 0 Å². The third kappa shape index (κ3) is 4.13. The highest BCUT2D eigenvalue weighted by atomic mass is 16.4. The summed E-state index contributed by atoms with van der Waals surface area (Å²) in [5.74, 6) is -0.818. The summed E-state index contributed by atoms with van der Waals surface area (Å²) in [5.41, 5.74) is 3.59. The third-order valence-corrected chi connectivity index (χ3v) is 2.92. The molecular formula is C15H17N3O2. The van der Waals surface area contributed by atoms with Gasteiger partial charge in [-0.1, -0.05) is 24.3 Å². The van der Waals surface area contributed by atoms with Gasteiger partial charge in [0.05, 0.1) is 17.8 Å². The molecule has 0 fully saturated rings. The first-order chi connectivity index (χ1) is 9.65. The average molecular weight is 271 g/mol. The second-order valence-corrected chi connectivity index (χ2v) is 4.59. The number of rotatable bonds is 6. The van der Waals surface area contributed by atoms with Gasteiger partial charge in [0.15, 0.2) is 0 Å². The molecule has 0 aliphatic carbocycles. The minimum absolute atomic E-state index is 0.0438. The van der Waals surface area contributed by atoms with Gasteiger partial charge in [-0.3, -0.25) is 14.8 Å². The Hall–Kier alpha value is -2.27. The van der Waals surface area contributed by atoms with Crippen LogP contribution in [-0.2, 0) is 24.3 Å². The summed E-state index contributed by atoms with van der Waals surface area (Å²) in [6, 6.07) is 7.55. The maximum Gasteiger partial charge on any atom is 0.307 e. The van der Waals surface area contributed by atoms with Gasteiger partial charge in [-0.25, -0.2) is 0 Å². The van der Waals surface area contributed by atoms with E-state index in [9.17, 15) is 4.79 Å². The zero-order valence-electron chi connectivity index (χ0n) is 11.3. The van der Waals surface area contributed by atoms with Crippen molar-refractivity contribution < 1.29 is 9.90 Å². The molecule has 0 atom stereocenters. The number of nitrogens with zero attached hydrogens (tertiary/aromatic N) is 2. The summed E-state index contributed by atoms with van der Waals surface area (Å²) >= 11 is 0. The van der Waals surface area contributed by atoms with Crippen LogP contribution in [0.2, 0.25) is 0 Å². The van der Waals surface area contributed by atoms with Crippen LogP contribution in [0.5, 0.6) is 0 Å². The molecule has 0 saturated heterocycles. The molecule has 104 valence electrons. The summed E-state index contributed by atoms with van der Waals surface area (Å²) in [6.07, 6.45) is 3.52. The number of hydrogen-bond acceptors (Lipinski definition) is 4. The Labute approximate surface area is 117 Å². The highest BCUT2D eigenvalue weighted by Crippen LogP contribution is 2.09. The van der Waals surface area contributed by atoms with E-state index >= 15 is 0 Å². The van der Waals surface area contributed by atoms with Crippen LogP contribution >= 0.6 is 0 Å². The highest BCUT2D eigenvalue weighted by Gasteiger charge is 2.06. The van der Waals surface area contributed by atoms with Crippen LogP contribution in [0.1, 0.15) is 22.5 Å². The molecule has 0 amide bonds. The molecule has 5 heteroatoms. The quantitative estimate of drug-likeness (QED) is 0.836. The van der Waals surface area contributed by atoms with E-state index in [4.69, 9.17) is 5.11 Å². The molecule has 0 aliphatic rings. The number of aryl methyl sites for hydroxylation is 1. The van der Waals surface area contributed by atoms with Gasteiger partial charge in [0.25, 0.3) is 0 Å². The second-order valence-electron chi connectivity index (χ2n) is 4.59. The van der Waals surface area contributed by atoms with E-state index in [-0.39, 0.29) is 6.42 Å². The van der Waals surface area contributed by atoms with Crippen molar-refractivity contribution in [3.63, 3.8) is 0 Å². The van der Waals surface area contributed by atoms with E-state index in [1.54, 1.807) is 12.4 Å². The van der Waals surface area contributed by atoms with Crippen LogP contribution in [0.3, 0.4) is 0 Å². The number of aliphatic carboxylic acids is 1. The van der Waals surface area contributed by atoms with Crippen molar-refractivity contribution in [1.29, 1.82) is 0 Å². The maximum atomic E-state index is 10.8. The SMILES string of the molecule is Cc1cnc(CNCc2ccccc2CC(=O)O)cn1. The fraction of sp³-hybridized carbons (Fsp3) is 0.267. The summed E-state index contributed by atoms with van der Waals surface area (Å²) in [4.78, 5) is 19.3. The van der Waals surface area contributed by atoms with Crippen LogP contribution in [0.4, 0.5) is 0 Å². The van der Waals surface area contributed by atoms with Gasteiger partial charge < -0.3 is 10.4 Å². The minimum Gasteiger partial charge on any atom is -0.481 e. The topological polar surface area (TPSA) is 75.1 Å². The predicted octanol–water partition coefficient (Wildman–Crippen LogP) is 1.70. The van der Waals surface area contributed by atoms with Crippen molar-refractivity contribution in [2.45, 2.75) is 26.4 Å². The molecule has 0 bridgehead atoms. The van der Waals surface area contributed by atoms with E-state index in [0.717, 1.165) is 22.5 Å². The van der Waals surface area contributed by atoms with Gasteiger partial charge in [-0.2, -0.15) is 0 Å². The Bertz CT molecular complexity index is 582. The zero-order valence-corrected chi connectivity index (χ0v) is 11.3. The van der Waals surface area contributed by atoms with Gasteiger partial charge in [-0.05, 0) is 18.1 Å². The predicted molar refractivity (Wildman–Crippen MR) is 75.1 cm³/mol. The van der Waals surface area contributed by atoms with Gasteiger partial charge in [0, 0.05) is 25.5 Å². The molecule has 20 heavy (non-hydrogen) atoms. The Morgan fingerprint density at radius 3 is 2.55 bits per heavy atom. The van der Waals surface area contributed by atoms with E-state index < -0.39 is 5.97 Å². The second kappa shape index (κ2) is 6.77. The van der Waals surface area contributed by atoms with E-state index in [1.165, 1.54) is 0 Å². The maximum absolute atomic E-state index is 10.8. The van der Waals surface area contributed by atoms with Gasteiger partial charge >= 0.3 is 5.97 Å². The summed E-state index contributed by atoms with van der Waals surface area (Å²) < 4.78 is 0. The summed E-state index contributed by atoms with van der Waals surface area (Å²) in [7, 11) is 0. The molecule has 1 aromatic heterocycles. The lowest BCUT2D eigenvalue weighted by molar-refractivity contribution is -0.136. The van der Waals surface area contributed by atoms with Crippen LogP contribution in [0.15, 0.2) is 36.7 Å². The first kappa shape index (κ1) is 14.1. The lowest BCUT2D eigenvalue weighted by Gasteiger charge is -2.09. The standard InChI is InChI=1S/C15H17N3O2/c1-11-7-18-14(10-17-11)9-16-8-13-5-3-2-4-12(13)6-15(19)20/h2-5,7,10,16H,6,8-9H2,1H3,(H,19,20). The van der Waals surface area contributed by atoms with E-state index in [0.29, 0.717) is 13.1 Å². The molecule has 0 spiro atoms. The smallest absolute Gasteiger partial charge is 0.307 e. The van der Waals surface area contributed by atoms with Crippen LogP contribution in [0.25, 0.3) is 0 Å². The first-order valence-corrected chi connectivity index (χ1v) is 6.42. The van der Waals surface area contributed by atoms with Crippen molar-refractivity contribution in [3.05, 3.63) is 59.2 Å². The Morgan fingerprint density at radius 1 is 1.15 bits per heavy atom. The Kier molecular flexibility index (Phi) is 4.79. The largest absolute Gasteiger partial charge is 0.481 e. The van der Waals surface area contributed by atoms with Gasteiger partial charge in [-0.15, -0.1) is 0 Å². The fourth-order valence-electron chi connectivity index (χ4n) is 1.90. The molecule has 0 aliphatic heterocycles. The monoisotopic (exact) mass is 271 g/mol. The Balaban J connectivity index is 1.93. The fourth-order valence-corrected chi connectivity index (χ4v) is 1.90. The minimum atomic E-state index is -0.818. The number of aromatic nitrogens is 2. The van der Waals surface area contributed by atoms with Crippen molar-refractivity contribution in [3.8, 4) is 0 Å². The third-order valence-electron chi connectivity index (χ3n) is 2.92.